The predicted octanol–water partition coefficient (Wildman–Crippen LogP) is 6.83. The van der Waals surface area contributed by atoms with Crippen LogP contribution in [0.25, 0.3) is 22.0 Å². The molecule has 188 valence electrons. The van der Waals surface area contributed by atoms with Crippen LogP contribution in [-0.2, 0) is 12.8 Å². The largest absolute Gasteiger partial charge is 0.489 e. The number of aryl methyl sites for hydroxylation is 1. The SMILES string of the molecule is Cc1ccc2c(c1)C(=C(c1ccc(C(F)(F)F)cc1)c1c[nH]c3ccc(OCc4ccccc4)cc13)C=[NH+]2. The van der Waals surface area contributed by atoms with Gasteiger partial charge in [-0.25, -0.2) is 4.99 Å². The zero-order chi connectivity index (χ0) is 26.3. The number of aromatic amines is 1. The van der Waals surface area contributed by atoms with E-state index in [1.165, 1.54) is 0 Å². The molecule has 4 aromatic carbocycles. The molecular weight excluding hydrogens is 485 g/mol. The molecule has 1 aliphatic rings. The lowest BCUT2D eigenvalue weighted by Crippen LogP contribution is -2.58. The zero-order valence-electron chi connectivity index (χ0n) is 20.6. The van der Waals surface area contributed by atoms with Gasteiger partial charge in [0.25, 0.3) is 0 Å². The Kier molecular flexibility index (Phi) is 5.87. The van der Waals surface area contributed by atoms with Crippen LogP contribution in [0.5, 0.6) is 5.75 Å². The summed E-state index contributed by atoms with van der Waals surface area (Å²) in [5.74, 6) is 0.712. The third-order valence-electron chi connectivity index (χ3n) is 6.78. The molecule has 0 radical (unpaired) electrons. The maximum Gasteiger partial charge on any atom is 0.416 e. The fraction of sp³-hybridized carbons (Fsp3) is 0.0938. The predicted molar refractivity (Wildman–Crippen MR) is 144 cm³/mol. The van der Waals surface area contributed by atoms with E-state index in [1.807, 2.05) is 80.0 Å². The minimum absolute atomic E-state index is 0.434. The molecular formula is C32H24F3N2O+. The number of rotatable bonds is 5. The van der Waals surface area contributed by atoms with Crippen LogP contribution < -0.4 is 9.73 Å². The van der Waals surface area contributed by atoms with E-state index in [0.717, 1.165) is 62.1 Å². The highest BCUT2D eigenvalue weighted by Gasteiger charge is 2.31. The summed E-state index contributed by atoms with van der Waals surface area (Å²) in [6, 6.07) is 27.3. The summed E-state index contributed by atoms with van der Waals surface area (Å²) in [6.07, 6.45) is -0.568. The first-order chi connectivity index (χ1) is 18.4. The molecule has 6 heteroatoms. The summed E-state index contributed by atoms with van der Waals surface area (Å²) in [5, 5.41) is 0.924. The van der Waals surface area contributed by atoms with E-state index in [9.17, 15) is 13.2 Å². The highest BCUT2D eigenvalue weighted by molar-refractivity contribution is 6.24. The summed E-state index contributed by atoms with van der Waals surface area (Å²) < 4.78 is 46.1. The van der Waals surface area contributed by atoms with Crippen molar-refractivity contribution >= 4 is 34.0 Å². The minimum atomic E-state index is -4.40. The molecule has 0 bridgehead atoms. The van der Waals surface area contributed by atoms with Crippen molar-refractivity contribution in [1.82, 2.24) is 4.98 Å². The first-order valence-corrected chi connectivity index (χ1v) is 12.3. The van der Waals surface area contributed by atoms with Gasteiger partial charge in [0.15, 0.2) is 6.21 Å². The molecule has 0 amide bonds. The van der Waals surface area contributed by atoms with E-state index in [0.29, 0.717) is 17.9 Å². The molecule has 0 saturated heterocycles. The zero-order valence-corrected chi connectivity index (χ0v) is 20.6. The number of fused-ring (bicyclic) bond motifs is 2. The molecule has 0 aliphatic carbocycles. The fourth-order valence-electron chi connectivity index (χ4n) is 4.86. The lowest BCUT2D eigenvalue weighted by Gasteiger charge is -2.13. The van der Waals surface area contributed by atoms with Crippen LogP contribution in [0.3, 0.4) is 0 Å². The Morgan fingerprint density at radius 3 is 2.45 bits per heavy atom. The Bertz CT molecular complexity index is 1700. The Hall–Kier alpha value is -4.58. The second-order valence-corrected chi connectivity index (χ2v) is 9.39. The van der Waals surface area contributed by atoms with Crippen molar-refractivity contribution in [2.45, 2.75) is 19.7 Å². The number of H-pyrrole nitrogens is 1. The van der Waals surface area contributed by atoms with E-state index >= 15 is 0 Å². The maximum absolute atomic E-state index is 13.3. The fourth-order valence-corrected chi connectivity index (χ4v) is 4.86. The average Bonchev–Trinajstić information content (AvgIpc) is 3.52. The van der Waals surface area contributed by atoms with Gasteiger partial charge in [-0.1, -0.05) is 54.1 Å². The molecule has 0 unspecified atom stereocenters. The van der Waals surface area contributed by atoms with Gasteiger partial charge in [0.05, 0.1) is 16.7 Å². The Morgan fingerprint density at radius 1 is 0.895 bits per heavy atom. The van der Waals surface area contributed by atoms with E-state index in [2.05, 4.69) is 16.0 Å². The third kappa shape index (κ3) is 4.50. The molecule has 0 saturated carbocycles. The van der Waals surface area contributed by atoms with Crippen molar-refractivity contribution < 1.29 is 22.9 Å². The molecule has 3 nitrogen and oxygen atoms in total. The molecule has 2 heterocycles. The summed E-state index contributed by atoms with van der Waals surface area (Å²) in [5.41, 5.74) is 7.69. The van der Waals surface area contributed by atoms with Crippen LogP contribution in [0, 0.1) is 6.92 Å². The van der Waals surface area contributed by atoms with Crippen LogP contribution in [0.15, 0.2) is 97.2 Å². The number of aromatic nitrogens is 1. The van der Waals surface area contributed by atoms with Gasteiger partial charge < -0.3 is 9.72 Å². The van der Waals surface area contributed by atoms with Crippen LogP contribution in [0.2, 0.25) is 0 Å². The van der Waals surface area contributed by atoms with Gasteiger partial charge in [0.2, 0.25) is 5.69 Å². The van der Waals surface area contributed by atoms with E-state index in [-0.39, 0.29) is 0 Å². The molecule has 1 aliphatic heterocycles. The van der Waals surface area contributed by atoms with Crippen LogP contribution in [0.4, 0.5) is 18.9 Å². The first kappa shape index (κ1) is 23.8. The molecule has 2 N–H and O–H groups in total. The van der Waals surface area contributed by atoms with Crippen molar-refractivity contribution in [1.29, 1.82) is 0 Å². The number of halogens is 3. The summed E-state index contributed by atoms with van der Waals surface area (Å²) >= 11 is 0. The standard InChI is InChI=1S/C32H23F3N2O/c1-20-7-13-29-25(15-20)27(17-36-29)31(22-8-10-23(11-9-22)32(33,34)35)28-18-37-30-14-12-24(16-26(28)30)38-19-21-5-3-2-4-6-21/h2-18,37H,19H2,1H3/p+1. The first-order valence-electron chi connectivity index (χ1n) is 12.3. The summed E-state index contributed by atoms with van der Waals surface area (Å²) in [7, 11) is 0. The molecule has 0 spiro atoms. The van der Waals surface area contributed by atoms with Crippen LogP contribution in [0.1, 0.15) is 33.4 Å². The molecule has 1 aromatic heterocycles. The van der Waals surface area contributed by atoms with Gasteiger partial charge in [0.1, 0.15) is 12.4 Å². The van der Waals surface area contributed by atoms with Gasteiger partial charge in [-0.05, 0) is 54.4 Å². The van der Waals surface area contributed by atoms with Gasteiger partial charge >= 0.3 is 6.18 Å². The molecule has 5 aromatic rings. The summed E-state index contributed by atoms with van der Waals surface area (Å²) in [4.78, 5) is 6.66. The van der Waals surface area contributed by atoms with Gasteiger partial charge in [-0.2, -0.15) is 13.2 Å². The number of benzene rings is 4. The second-order valence-electron chi connectivity index (χ2n) is 9.39. The quantitative estimate of drug-likeness (QED) is 0.268. The number of nitrogens with one attached hydrogen (secondary N) is 2. The average molecular weight is 510 g/mol. The number of ether oxygens (including phenoxy) is 1. The van der Waals surface area contributed by atoms with E-state index in [1.54, 1.807) is 12.1 Å². The van der Waals surface area contributed by atoms with Crippen LogP contribution in [-0.4, -0.2) is 11.2 Å². The smallest absolute Gasteiger partial charge is 0.416 e. The molecule has 0 fully saturated rings. The van der Waals surface area contributed by atoms with E-state index < -0.39 is 11.7 Å². The van der Waals surface area contributed by atoms with Crippen molar-refractivity contribution in [2.75, 3.05) is 0 Å². The van der Waals surface area contributed by atoms with Crippen molar-refractivity contribution in [2.24, 2.45) is 0 Å². The summed E-state index contributed by atoms with van der Waals surface area (Å²) in [6.45, 7) is 2.46. The number of alkyl halides is 3. The Labute approximate surface area is 217 Å². The van der Waals surface area contributed by atoms with E-state index in [4.69, 9.17) is 4.74 Å². The Balaban J connectivity index is 1.49. The van der Waals surface area contributed by atoms with Gasteiger partial charge in [-0.15, -0.1) is 0 Å². The van der Waals surface area contributed by atoms with Crippen LogP contribution >= 0.6 is 0 Å². The number of hydrogen-bond donors (Lipinski definition) is 2. The number of hydrogen-bond acceptors (Lipinski definition) is 1. The second kappa shape index (κ2) is 9.38. The normalized spacial score (nSPS) is 14.1. The number of allylic oxidation sites excluding steroid dienone is 1. The Morgan fingerprint density at radius 2 is 1.68 bits per heavy atom. The third-order valence-corrected chi connectivity index (χ3v) is 6.78. The molecule has 38 heavy (non-hydrogen) atoms. The molecule has 0 atom stereocenters. The highest BCUT2D eigenvalue weighted by atomic mass is 19.4. The van der Waals surface area contributed by atoms with Crippen molar-refractivity contribution in [3.05, 3.63) is 131 Å². The minimum Gasteiger partial charge on any atom is -0.489 e. The molecule has 6 rings (SSSR count). The highest BCUT2D eigenvalue weighted by Crippen LogP contribution is 2.40. The van der Waals surface area contributed by atoms with Gasteiger partial charge in [-0.3, -0.25) is 0 Å². The topological polar surface area (TPSA) is 39.0 Å². The lowest BCUT2D eigenvalue weighted by molar-refractivity contribution is -0.342. The monoisotopic (exact) mass is 509 g/mol. The van der Waals surface area contributed by atoms with Crippen molar-refractivity contribution in [3.63, 3.8) is 0 Å². The van der Waals surface area contributed by atoms with Gasteiger partial charge in [0, 0.05) is 34.3 Å². The maximum atomic E-state index is 13.3. The lowest BCUT2D eigenvalue weighted by atomic mass is 9.89. The van der Waals surface area contributed by atoms with Crippen molar-refractivity contribution in [3.8, 4) is 5.75 Å².